The standard InChI is InChI=1S/C19H29NO/c1-13-10-14(6-7-16(13)21-5)12-20-17-11-15-8-9-19(17,4)18(15,2)3/h6-7,10,15,17,20H,8-9,11-12H2,1-5H3. The molecule has 21 heavy (non-hydrogen) atoms. The molecule has 3 rings (SSSR count). The van der Waals surface area contributed by atoms with Gasteiger partial charge in [0.25, 0.3) is 0 Å². The van der Waals surface area contributed by atoms with Gasteiger partial charge in [0.05, 0.1) is 7.11 Å². The van der Waals surface area contributed by atoms with Gasteiger partial charge in [-0.3, -0.25) is 0 Å². The van der Waals surface area contributed by atoms with Crippen molar-refractivity contribution in [3.63, 3.8) is 0 Å². The van der Waals surface area contributed by atoms with Crippen LogP contribution in [0.15, 0.2) is 18.2 Å². The molecule has 0 heterocycles. The van der Waals surface area contributed by atoms with Gasteiger partial charge >= 0.3 is 0 Å². The summed E-state index contributed by atoms with van der Waals surface area (Å²) in [4.78, 5) is 0. The van der Waals surface area contributed by atoms with E-state index in [9.17, 15) is 0 Å². The molecule has 0 amide bonds. The first kappa shape index (κ1) is 14.9. The molecule has 1 aromatic carbocycles. The second-order valence-corrected chi connectivity index (χ2v) is 7.85. The van der Waals surface area contributed by atoms with Crippen LogP contribution in [-0.4, -0.2) is 13.2 Å². The van der Waals surface area contributed by atoms with E-state index in [2.05, 4.69) is 51.2 Å². The van der Waals surface area contributed by atoms with E-state index in [1.807, 2.05) is 0 Å². The van der Waals surface area contributed by atoms with Gasteiger partial charge in [-0.1, -0.05) is 32.9 Å². The summed E-state index contributed by atoms with van der Waals surface area (Å²) < 4.78 is 5.34. The highest BCUT2D eigenvalue weighted by atomic mass is 16.5. The maximum Gasteiger partial charge on any atom is 0.121 e. The van der Waals surface area contributed by atoms with Crippen molar-refractivity contribution in [3.05, 3.63) is 29.3 Å². The highest BCUT2D eigenvalue weighted by Crippen LogP contribution is 2.65. The fourth-order valence-corrected chi connectivity index (χ4v) is 4.80. The molecule has 2 aliphatic rings. The number of nitrogens with one attached hydrogen (secondary N) is 1. The first-order chi connectivity index (χ1) is 9.88. The summed E-state index contributed by atoms with van der Waals surface area (Å²) in [6, 6.07) is 7.17. The van der Waals surface area contributed by atoms with E-state index in [4.69, 9.17) is 4.74 Å². The predicted octanol–water partition coefficient (Wildman–Crippen LogP) is 4.31. The van der Waals surface area contributed by atoms with E-state index in [0.717, 1.165) is 18.2 Å². The molecule has 0 spiro atoms. The van der Waals surface area contributed by atoms with Crippen molar-refractivity contribution >= 4 is 0 Å². The van der Waals surface area contributed by atoms with Gasteiger partial charge in [-0.15, -0.1) is 0 Å². The quantitative estimate of drug-likeness (QED) is 0.891. The van der Waals surface area contributed by atoms with Gasteiger partial charge in [-0.05, 0) is 60.1 Å². The van der Waals surface area contributed by atoms with Crippen LogP contribution in [0.2, 0.25) is 0 Å². The molecule has 2 fully saturated rings. The third kappa shape index (κ3) is 2.19. The van der Waals surface area contributed by atoms with Gasteiger partial charge in [0.2, 0.25) is 0 Å². The molecular weight excluding hydrogens is 258 g/mol. The number of aryl methyl sites for hydroxylation is 1. The maximum atomic E-state index is 5.34. The molecule has 3 unspecified atom stereocenters. The van der Waals surface area contributed by atoms with Crippen molar-refractivity contribution in [1.29, 1.82) is 0 Å². The second kappa shape index (κ2) is 5.01. The zero-order chi connectivity index (χ0) is 15.3. The molecule has 2 bridgehead atoms. The van der Waals surface area contributed by atoms with Crippen molar-refractivity contribution < 1.29 is 4.74 Å². The van der Waals surface area contributed by atoms with Crippen LogP contribution in [0.1, 0.15) is 51.2 Å². The van der Waals surface area contributed by atoms with E-state index in [1.165, 1.54) is 30.4 Å². The van der Waals surface area contributed by atoms with Crippen LogP contribution in [-0.2, 0) is 6.54 Å². The molecule has 2 heteroatoms. The number of benzene rings is 1. The number of rotatable bonds is 4. The summed E-state index contributed by atoms with van der Waals surface area (Å²) in [6.07, 6.45) is 4.14. The molecule has 2 saturated carbocycles. The Morgan fingerprint density at radius 2 is 2.05 bits per heavy atom. The first-order valence-corrected chi connectivity index (χ1v) is 8.25. The topological polar surface area (TPSA) is 21.3 Å². The lowest BCUT2D eigenvalue weighted by molar-refractivity contribution is 0.120. The van der Waals surface area contributed by atoms with Crippen molar-refractivity contribution in [2.45, 2.75) is 59.5 Å². The van der Waals surface area contributed by atoms with E-state index < -0.39 is 0 Å². The second-order valence-electron chi connectivity index (χ2n) is 7.85. The summed E-state index contributed by atoms with van der Waals surface area (Å²) in [6.45, 7) is 10.5. The number of fused-ring (bicyclic) bond motifs is 2. The van der Waals surface area contributed by atoms with E-state index in [1.54, 1.807) is 7.11 Å². The fraction of sp³-hybridized carbons (Fsp3) is 0.684. The fourth-order valence-electron chi connectivity index (χ4n) is 4.80. The molecule has 3 atom stereocenters. The first-order valence-electron chi connectivity index (χ1n) is 8.25. The summed E-state index contributed by atoms with van der Waals surface area (Å²) >= 11 is 0. The average Bonchev–Trinajstić information content (AvgIpc) is 2.78. The third-order valence-electron chi connectivity index (χ3n) is 6.81. The highest BCUT2D eigenvalue weighted by Gasteiger charge is 2.60. The normalized spacial score (nSPS) is 33.4. The summed E-state index contributed by atoms with van der Waals surface area (Å²) in [7, 11) is 1.73. The molecule has 2 nitrogen and oxygen atoms in total. The number of methoxy groups -OCH3 is 1. The molecule has 0 aromatic heterocycles. The smallest absolute Gasteiger partial charge is 0.121 e. The summed E-state index contributed by atoms with van der Waals surface area (Å²) in [5, 5.41) is 3.85. The van der Waals surface area contributed by atoms with Crippen LogP contribution < -0.4 is 10.1 Å². The minimum absolute atomic E-state index is 0.458. The molecule has 1 aromatic rings. The Hall–Kier alpha value is -1.02. The number of hydrogen-bond acceptors (Lipinski definition) is 2. The van der Waals surface area contributed by atoms with Gasteiger partial charge in [0.15, 0.2) is 0 Å². The van der Waals surface area contributed by atoms with Gasteiger partial charge in [-0.25, -0.2) is 0 Å². The van der Waals surface area contributed by atoms with Crippen molar-refractivity contribution in [2.75, 3.05) is 7.11 Å². The zero-order valence-corrected chi connectivity index (χ0v) is 14.1. The zero-order valence-electron chi connectivity index (χ0n) is 14.1. The Labute approximate surface area is 129 Å². The van der Waals surface area contributed by atoms with Crippen molar-refractivity contribution in [1.82, 2.24) is 5.32 Å². The minimum Gasteiger partial charge on any atom is -0.496 e. The van der Waals surface area contributed by atoms with Crippen LogP contribution in [0.4, 0.5) is 0 Å². The molecule has 0 saturated heterocycles. The Bertz CT molecular complexity index is 536. The van der Waals surface area contributed by atoms with Crippen molar-refractivity contribution in [2.24, 2.45) is 16.7 Å². The van der Waals surface area contributed by atoms with Crippen LogP contribution in [0.25, 0.3) is 0 Å². The van der Waals surface area contributed by atoms with Crippen LogP contribution in [0.3, 0.4) is 0 Å². The van der Waals surface area contributed by atoms with Gasteiger partial charge in [0.1, 0.15) is 5.75 Å². The Morgan fingerprint density at radius 3 is 2.57 bits per heavy atom. The molecule has 1 N–H and O–H groups in total. The Balaban J connectivity index is 1.68. The summed E-state index contributed by atoms with van der Waals surface area (Å²) in [5.41, 5.74) is 3.52. The molecule has 0 radical (unpaired) electrons. The third-order valence-corrected chi connectivity index (χ3v) is 6.81. The number of hydrogen-bond donors (Lipinski definition) is 1. The van der Waals surface area contributed by atoms with Gasteiger partial charge in [-0.2, -0.15) is 0 Å². The molecular formula is C19H29NO. The Morgan fingerprint density at radius 1 is 1.29 bits per heavy atom. The lowest BCUT2D eigenvalue weighted by Crippen LogP contribution is -2.44. The SMILES string of the molecule is COc1ccc(CNC2CC3CCC2(C)C3(C)C)cc1C. The monoisotopic (exact) mass is 287 g/mol. The minimum atomic E-state index is 0.458. The van der Waals surface area contributed by atoms with Crippen LogP contribution in [0, 0.1) is 23.7 Å². The van der Waals surface area contributed by atoms with Gasteiger partial charge in [0, 0.05) is 12.6 Å². The Kier molecular flexibility index (Phi) is 3.56. The molecule has 116 valence electrons. The maximum absolute atomic E-state index is 5.34. The largest absolute Gasteiger partial charge is 0.496 e. The van der Waals surface area contributed by atoms with Crippen LogP contribution >= 0.6 is 0 Å². The number of ether oxygens (including phenoxy) is 1. The van der Waals surface area contributed by atoms with E-state index >= 15 is 0 Å². The van der Waals surface area contributed by atoms with E-state index in [0.29, 0.717) is 16.9 Å². The van der Waals surface area contributed by atoms with Crippen molar-refractivity contribution in [3.8, 4) is 5.75 Å². The molecule has 0 aliphatic heterocycles. The lowest BCUT2D eigenvalue weighted by Gasteiger charge is -2.39. The van der Waals surface area contributed by atoms with Crippen LogP contribution in [0.5, 0.6) is 5.75 Å². The average molecular weight is 287 g/mol. The van der Waals surface area contributed by atoms with Gasteiger partial charge < -0.3 is 10.1 Å². The highest BCUT2D eigenvalue weighted by molar-refractivity contribution is 5.36. The molecule has 2 aliphatic carbocycles. The summed E-state index contributed by atoms with van der Waals surface area (Å²) in [5.74, 6) is 1.88. The predicted molar refractivity (Wildman–Crippen MR) is 87.6 cm³/mol. The van der Waals surface area contributed by atoms with E-state index in [-0.39, 0.29) is 0 Å². The lowest BCUT2D eigenvalue weighted by atomic mass is 9.69.